The Hall–Kier alpha value is -1.10. The van der Waals surface area contributed by atoms with E-state index in [1.54, 1.807) is 7.05 Å². The van der Waals surface area contributed by atoms with Gasteiger partial charge in [0.1, 0.15) is 0 Å². The van der Waals surface area contributed by atoms with E-state index in [0.717, 1.165) is 0 Å². The van der Waals surface area contributed by atoms with E-state index in [-0.39, 0.29) is 18.4 Å². The van der Waals surface area contributed by atoms with Crippen LogP contribution in [0.15, 0.2) is 0 Å². The molecule has 0 aliphatic heterocycles. The van der Waals surface area contributed by atoms with E-state index < -0.39 is 5.97 Å². The van der Waals surface area contributed by atoms with Gasteiger partial charge in [-0.1, -0.05) is 0 Å². The van der Waals surface area contributed by atoms with Crippen LogP contribution in [-0.2, 0) is 9.59 Å². The summed E-state index contributed by atoms with van der Waals surface area (Å²) in [5.74, 6) is -0.976. The molecule has 1 N–H and O–H groups in total. The molecule has 0 aromatic heterocycles. The molecule has 0 aliphatic carbocycles. The van der Waals surface area contributed by atoms with Gasteiger partial charge in [0.25, 0.3) is 0 Å². The van der Waals surface area contributed by atoms with Crippen molar-refractivity contribution < 1.29 is 19.2 Å². The first-order valence-corrected chi connectivity index (χ1v) is 4.89. The summed E-state index contributed by atoms with van der Waals surface area (Å²) >= 11 is 0. The number of carboxylic acid groups (broad SMARTS) is 1. The van der Waals surface area contributed by atoms with Crippen molar-refractivity contribution in [3.8, 4) is 0 Å². The zero-order valence-electron chi connectivity index (χ0n) is 10.1. The standard InChI is InChI=1S/C10H20N2O3/c1-8(13)11(2)9(6-10(14)15)7-12(3,4)5/h9H,6-7H2,1-5H3/p+1/t9-/m1/s1. The zero-order chi connectivity index (χ0) is 12.2. The van der Waals surface area contributed by atoms with Crippen molar-refractivity contribution in [2.75, 3.05) is 34.7 Å². The van der Waals surface area contributed by atoms with E-state index in [0.29, 0.717) is 11.0 Å². The van der Waals surface area contributed by atoms with Crippen molar-refractivity contribution in [1.29, 1.82) is 0 Å². The maximum Gasteiger partial charge on any atom is 0.305 e. The fourth-order valence-corrected chi connectivity index (χ4v) is 1.41. The Morgan fingerprint density at radius 3 is 2.07 bits per heavy atom. The van der Waals surface area contributed by atoms with Crippen molar-refractivity contribution >= 4 is 11.9 Å². The van der Waals surface area contributed by atoms with Crippen LogP contribution in [0.1, 0.15) is 13.3 Å². The molecule has 15 heavy (non-hydrogen) atoms. The van der Waals surface area contributed by atoms with Crippen LogP contribution in [0.5, 0.6) is 0 Å². The van der Waals surface area contributed by atoms with Crippen LogP contribution < -0.4 is 0 Å². The summed E-state index contributed by atoms with van der Waals surface area (Å²) in [5.41, 5.74) is 0. The highest BCUT2D eigenvalue weighted by atomic mass is 16.4. The molecular formula is C10H21N2O3+. The molecule has 0 saturated carbocycles. The molecule has 0 heterocycles. The molecule has 1 amide bonds. The third kappa shape index (κ3) is 6.06. The first-order chi connectivity index (χ1) is 6.63. The van der Waals surface area contributed by atoms with E-state index >= 15 is 0 Å². The third-order valence-electron chi connectivity index (χ3n) is 2.21. The number of rotatable bonds is 5. The van der Waals surface area contributed by atoms with Gasteiger partial charge in [-0.05, 0) is 0 Å². The highest BCUT2D eigenvalue weighted by Crippen LogP contribution is 2.07. The molecule has 0 unspecified atom stereocenters. The fourth-order valence-electron chi connectivity index (χ4n) is 1.41. The van der Waals surface area contributed by atoms with E-state index in [1.165, 1.54) is 11.8 Å². The molecule has 5 nitrogen and oxygen atoms in total. The lowest BCUT2D eigenvalue weighted by Crippen LogP contribution is -2.49. The summed E-state index contributed by atoms with van der Waals surface area (Å²) in [5, 5.41) is 8.77. The Balaban J connectivity index is 4.58. The molecular weight excluding hydrogens is 196 g/mol. The van der Waals surface area contributed by atoms with Gasteiger partial charge in [0.15, 0.2) is 0 Å². The maximum atomic E-state index is 11.2. The first-order valence-electron chi connectivity index (χ1n) is 4.89. The Bertz CT molecular complexity index is 246. The van der Waals surface area contributed by atoms with Crippen LogP contribution in [0.25, 0.3) is 0 Å². The number of carbonyl (C=O) groups excluding carboxylic acids is 1. The second-order valence-electron chi connectivity index (χ2n) is 4.85. The second kappa shape index (κ2) is 5.11. The highest BCUT2D eigenvalue weighted by molar-refractivity contribution is 5.74. The summed E-state index contributed by atoms with van der Waals surface area (Å²) in [6.45, 7) is 2.08. The molecule has 88 valence electrons. The lowest BCUT2D eigenvalue weighted by molar-refractivity contribution is -0.872. The van der Waals surface area contributed by atoms with Crippen LogP contribution in [0, 0.1) is 0 Å². The Morgan fingerprint density at radius 1 is 1.33 bits per heavy atom. The Kier molecular flexibility index (Phi) is 4.74. The number of quaternary nitrogens is 1. The molecule has 1 atom stereocenters. The van der Waals surface area contributed by atoms with Crippen LogP contribution in [0.3, 0.4) is 0 Å². The molecule has 0 aromatic rings. The van der Waals surface area contributed by atoms with Crippen LogP contribution in [0.2, 0.25) is 0 Å². The average molecular weight is 217 g/mol. The van der Waals surface area contributed by atoms with Gasteiger partial charge in [-0.3, -0.25) is 9.59 Å². The Morgan fingerprint density at radius 2 is 1.80 bits per heavy atom. The molecule has 0 spiro atoms. The topological polar surface area (TPSA) is 57.6 Å². The van der Waals surface area contributed by atoms with Crippen LogP contribution in [-0.4, -0.2) is 67.1 Å². The third-order valence-corrected chi connectivity index (χ3v) is 2.21. The molecule has 0 saturated heterocycles. The minimum Gasteiger partial charge on any atom is -0.481 e. The van der Waals surface area contributed by atoms with Crippen LogP contribution in [0.4, 0.5) is 0 Å². The van der Waals surface area contributed by atoms with E-state index in [1.807, 2.05) is 21.1 Å². The normalized spacial score (nSPS) is 13.4. The fraction of sp³-hybridized carbons (Fsp3) is 0.800. The SMILES string of the molecule is CC(=O)N(C)[C@H](CC(=O)O)C[N+](C)(C)C. The lowest BCUT2D eigenvalue weighted by Gasteiger charge is -2.33. The number of amides is 1. The number of carboxylic acids is 1. The van der Waals surface area contributed by atoms with Gasteiger partial charge in [0.2, 0.25) is 5.91 Å². The van der Waals surface area contributed by atoms with Gasteiger partial charge in [-0.2, -0.15) is 0 Å². The van der Waals surface area contributed by atoms with Gasteiger partial charge in [-0.15, -0.1) is 0 Å². The summed E-state index contributed by atoms with van der Waals surface area (Å²) in [6, 6.07) is -0.250. The molecule has 0 radical (unpaired) electrons. The van der Waals surface area contributed by atoms with Crippen molar-refractivity contribution in [1.82, 2.24) is 4.90 Å². The van der Waals surface area contributed by atoms with Gasteiger partial charge in [0.05, 0.1) is 40.2 Å². The van der Waals surface area contributed by atoms with Gasteiger partial charge >= 0.3 is 5.97 Å². The molecule has 0 rings (SSSR count). The summed E-state index contributed by atoms with van der Waals surface area (Å²) < 4.78 is 0.634. The molecule has 0 aromatic carbocycles. The summed E-state index contributed by atoms with van der Waals surface area (Å²) in [4.78, 5) is 23.4. The van der Waals surface area contributed by atoms with Crippen molar-refractivity contribution in [2.45, 2.75) is 19.4 Å². The number of likely N-dealkylation sites (N-methyl/N-ethyl adjacent to an activating group) is 2. The van der Waals surface area contributed by atoms with E-state index in [4.69, 9.17) is 5.11 Å². The average Bonchev–Trinajstić information content (AvgIpc) is 1.97. The smallest absolute Gasteiger partial charge is 0.305 e. The molecule has 0 bridgehead atoms. The minimum atomic E-state index is -0.874. The first kappa shape index (κ1) is 13.9. The number of carbonyl (C=O) groups is 2. The van der Waals surface area contributed by atoms with E-state index in [2.05, 4.69) is 0 Å². The highest BCUT2D eigenvalue weighted by Gasteiger charge is 2.26. The van der Waals surface area contributed by atoms with Crippen molar-refractivity contribution in [2.24, 2.45) is 0 Å². The molecule has 0 aliphatic rings. The van der Waals surface area contributed by atoms with Gasteiger partial charge < -0.3 is 14.5 Å². The monoisotopic (exact) mass is 217 g/mol. The predicted octanol–water partition coefficient (Wildman–Crippen LogP) is 0.0142. The zero-order valence-corrected chi connectivity index (χ0v) is 10.1. The maximum absolute atomic E-state index is 11.2. The number of hydrogen-bond donors (Lipinski definition) is 1. The molecule has 0 fully saturated rings. The number of aliphatic carboxylic acids is 1. The largest absolute Gasteiger partial charge is 0.481 e. The second-order valence-corrected chi connectivity index (χ2v) is 4.85. The van der Waals surface area contributed by atoms with Crippen molar-refractivity contribution in [3.63, 3.8) is 0 Å². The Labute approximate surface area is 90.9 Å². The van der Waals surface area contributed by atoms with Gasteiger partial charge in [0, 0.05) is 14.0 Å². The quantitative estimate of drug-likeness (QED) is 0.660. The molecule has 5 heteroatoms. The number of nitrogens with zero attached hydrogens (tertiary/aromatic N) is 2. The summed E-state index contributed by atoms with van der Waals surface area (Å²) in [7, 11) is 7.57. The predicted molar refractivity (Wildman–Crippen MR) is 57.4 cm³/mol. The lowest BCUT2D eigenvalue weighted by atomic mass is 10.1. The number of hydrogen-bond acceptors (Lipinski definition) is 2. The van der Waals surface area contributed by atoms with Crippen LogP contribution >= 0.6 is 0 Å². The summed E-state index contributed by atoms with van der Waals surface area (Å²) in [6.07, 6.45) is -0.00833. The van der Waals surface area contributed by atoms with E-state index in [9.17, 15) is 9.59 Å². The van der Waals surface area contributed by atoms with Gasteiger partial charge in [-0.25, -0.2) is 0 Å². The van der Waals surface area contributed by atoms with Crippen molar-refractivity contribution in [3.05, 3.63) is 0 Å². The minimum absolute atomic E-state index is 0.00833.